The van der Waals surface area contributed by atoms with Gasteiger partial charge in [-0.1, -0.05) is 133 Å². The SMILES string of the molecule is Clc1nc(-c2cccc(-c3cccc(-c4ccccc4)c3)c2)nc(-c2ccc3cc(-c4cccc5ccccc45)ccc3c2)n1. The van der Waals surface area contributed by atoms with E-state index < -0.39 is 0 Å². The topological polar surface area (TPSA) is 38.7 Å². The van der Waals surface area contributed by atoms with Crippen LogP contribution in [0.15, 0.2) is 158 Å². The first-order valence-corrected chi connectivity index (χ1v) is 15.3. The molecular formula is C41H26ClN3. The average Bonchev–Trinajstić information content (AvgIpc) is 3.11. The Kier molecular flexibility index (Phi) is 6.86. The van der Waals surface area contributed by atoms with Gasteiger partial charge in [0.2, 0.25) is 5.28 Å². The largest absolute Gasteiger partial charge is 0.226 e. The maximum absolute atomic E-state index is 6.49. The van der Waals surface area contributed by atoms with Gasteiger partial charge in [0.1, 0.15) is 0 Å². The molecule has 4 heteroatoms. The third-order valence-corrected chi connectivity index (χ3v) is 8.40. The summed E-state index contributed by atoms with van der Waals surface area (Å²) in [7, 11) is 0. The Morgan fingerprint density at radius 1 is 0.333 bits per heavy atom. The summed E-state index contributed by atoms with van der Waals surface area (Å²) in [5.41, 5.74) is 8.73. The fourth-order valence-electron chi connectivity index (χ4n) is 5.98. The predicted octanol–water partition coefficient (Wildman–Crippen LogP) is 11.2. The molecule has 3 nitrogen and oxygen atoms in total. The van der Waals surface area contributed by atoms with Crippen LogP contribution in [0.2, 0.25) is 5.28 Å². The van der Waals surface area contributed by atoms with Gasteiger partial charge >= 0.3 is 0 Å². The first kappa shape index (κ1) is 26.9. The second-order valence-corrected chi connectivity index (χ2v) is 11.4. The lowest BCUT2D eigenvalue weighted by Gasteiger charge is -2.10. The minimum Gasteiger partial charge on any atom is -0.208 e. The molecule has 0 aliphatic carbocycles. The first-order valence-electron chi connectivity index (χ1n) is 14.9. The number of nitrogens with zero attached hydrogens (tertiary/aromatic N) is 3. The predicted molar refractivity (Wildman–Crippen MR) is 187 cm³/mol. The summed E-state index contributed by atoms with van der Waals surface area (Å²) in [6.45, 7) is 0. The van der Waals surface area contributed by atoms with E-state index in [-0.39, 0.29) is 5.28 Å². The Balaban J connectivity index is 1.13. The smallest absolute Gasteiger partial charge is 0.208 e. The number of halogens is 1. The zero-order valence-electron chi connectivity index (χ0n) is 24.2. The number of fused-ring (bicyclic) bond motifs is 2. The molecule has 7 aromatic carbocycles. The molecule has 45 heavy (non-hydrogen) atoms. The second-order valence-electron chi connectivity index (χ2n) is 11.1. The lowest BCUT2D eigenvalue weighted by atomic mass is 9.96. The van der Waals surface area contributed by atoms with Crippen molar-refractivity contribution in [2.75, 3.05) is 0 Å². The van der Waals surface area contributed by atoms with Crippen LogP contribution in [0.25, 0.3) is 77.7 Å². The van der Waals surface area contributed by atoms with Crippen LogP contribution in [0.1, 0.15) is 0 Å². The summed E-state index contributed by atoms with van der Waals surface area (Å²) < 4.78 is 0. The van der Waals surface area contributed by atoms with Crippen LogP contribution in [-0.2, 0) is 0 Å². The average molecular weight is 596 g/mol. The molecular weight excluding hydrogens is 570 g/mol. The summed E-state index contributed by atoms with van der Waals surface area (Å²) in [6, 6.07) is 55.0. The molecule has 0 fully saturated rings. The monoisotopic (exact) mass is 595 g/mol. The van der Waals surface area contributed by atoms with Crippen molar-refractivity contribution in [3.63, 3.8) is 0 Å². The molecule has 0 N–H and O–H groups in total. The van der Waals surface area contributed by atoms with Gasteiger partial charge in [-0.3, -0.25) is 0 Å². The Bertz CT molecular complexity index is 2340. The van der Waals surface area contributed by atoms with Crippen molar-refractivity contribution in [1.29, 1.82) is 0 Å². The van der Waals surface area contributed by atoms with Crippen LogP contribution in [0, 0.1) is 0 Å². The van der Waals surface area contributed by atoms with Crippen LogP contribution in [-0.4, -0.2) is 15.0 Å². The van der Waals surface area contributed by atoms with Crippen LogP contribution < -0.4 is 0 Å². The molecule has 0 atom stereocenters. The Hall–Kier alpha value is -5.64. The van der Waals surface area contributed by atoms with Crippen molar-refractivity contribution in [3.8, 4) is 56.2 Å². The van der Waals surface area contributed by atoms with Crippen molar-refractivity contribution in [3.05, 3.63) is 163 Å². The first-order chi connectivity index (χ1) is 22.2. The highest BCUT2D eigenvalue weighted by molar-refractivity contribution is 6.28. The zero-order chi connectivity index (χ0) is 30.2. The maximum Gasteiger partial charge on any atom is 0.226 e. The van der Waals surface area contributed by atoms with E-state index in [9.17, 15) is 0 Å². The molecule has 1 aromatic heterocycles. The van der Waals surface area contributed by atoms with E-state index >= 15 is 0 Å². The number of rotatable bonds is 5. The molecule has 0 spiro atoms. The number of aromatic nitrogens is 3. The van der Waals surface area contributed by atoms with Crippen molar-refractivity contribution >= 4 is 33.1 Å². The van der Waals surface area contributed by atoms with E-state index in [1.165, 1.54) is 33.0 Å². The highest BCUT2D eigenvalue weighted by Gasteiger charge is 2.12. The number of benzene rings is 7. The van der Waals surface area contributed by atoms with E-state index in [1.54, 1.807) is 0 Å². The molecule has 0 radical (unpaired) electrons. The molecule has 0 saturated carbocycles. The number of hydrogen-bond donors (Lipinski definition) is 0. The van der Waals surface area contributed by atoms with Gasteiger partial charge in [-0.25, -0.2) is 4.98 Å². The van der Waals surface area contributed by atoms with Gasteiger partial charge in [0, 0.05) is 11.1 Å². The van der Waals surface area contributed by atoms with Gasteiger partial charge < -0.3 is 0 Å². The minimum absolute atomic E-state index is 0.165. The van der Waals surface area contributed by atoms with Gasteiger partial charge in [-0.05, 0) is 90.8 Å². The fourth-order valence-corrected chi connectivity index (χ4v) is 6.14. The fraction of sp³-hybridized carbons (Fsp3) is 0. The van der Waals surface area contributed by atoms with E-state index in [2.05, 4.69) is 149 Å². The quantitative estimate of drug-likeness (QED) is 0.199. The van der Waals surface area contributed by atoms with Crippen molar-refractivity contribution in [2.24, 2.45) is 0 Å². The molecule has 0 unspecified atom stereocenters. The van der Waals surface area contributed by atoms with Crippen molar-refractivity contribution < 1.29 is 0 Å². The molecule has 8 aromatic rings. The molecule has 0 amide bonds. The summed E-state index contributed by atoms with van der Waals surface area (Å²) in [6.07, 6.45) is 0. The summed E-state index contributed by atoms with van der Waals surface area (Å²) in [5.74, 6) is 1.08. The minimum atomic E-state index is 0.165. The van der Waals surface area contributed by atoms with Gasteiger partial charge in [-0.15, -0.1) is 0 Å². The van der Waals surface area contributed by atoms with Crippen LogP contribution in [0.3, 0.4) is 0 Å². The normalized spacial score (nSPS) is 11.2. The molecule has 0 aliphatic heterocycles. The third-order valence-electron chi connectivity index (χ3n) is 8.23. The van der Waals surface area contributed by atoms with Crippen molar-refractivity contribution in [2.45, 2.75) is 0 Å². The standard InChI is InChI=1S/C41H26ClN3/c42-41-44-39(35-16-7-15-31(25-35)30-14-6-13-29(23-30)27-9-2-1-3-10-27)43-40(45-41)36-22-20-32-24-34(21-19-33(32)26-36)38-18-8-12-28-11-4-5-17-37(28)38/h1-26H. The molecule has 8 rings (SSSR count). The highest BCUT2D eigenvalue weighted by Crippen LogP contribution is 2.33. The Labute approximate surface area is 266 Å². The van der Waals surface area contributed by atoms with E-state index in [4.69, 9.17) is 16.6 Å². The third kappa shape index (κ3) is 5.35. The molecule has 0 aliphatic rings. The Morgan fingerprint density at radius 3 is 1.60 bits per heavy atom. The molecule has 0 bridgehead atoms. The Morgan fingerprint density at radius 2 is 0.844 bits per heavy atom. The van der Waals surface area contributed by atoms with Gasteiger partial charge in [0.25, 0.3) is 0 Å². The van der Waals surface area contributed by atoms with Gasteiger partial charge in [0.15, 0.2) is 11.6 Å². The van der Waals surface area contributed by atoms with Crippen LogP contribution in [0.4, 0.5) is 0 Å². The zero-order valence-corrected chi connectivity index (χ0v) is 25.0. The van der Waals surface area contributed by atoms with Gasteiger partial charge in [0.05, 0.1) is 0 Å². The van der Waals surface area contributed by atoms with Crippen LogP contribution >= 0.6 is 11.6 Å². The summed E-state index contributed by atoms with van der Waals surface area (Å²) in [5, 5.41) is 4.90. The van der Waals surface area contributed by atoms with Gasteiger partial charge in [-0.2, -0.15) is 9.97 Å². The van der Waals surface area contributed by atoms with Crippen LogP contribution in [0.5, 0.6) is 0 Å². The number of hydrogen-bond acceptors (Lipinski definition) is 3. The highest BCUT2D eigenvalue weighted by atomic mass is 35.5. The molecule has 0 saturated heterocycles. The summed E-state index contributed by atoms with van der Waals surface area (Å²) in [4.78, 5) is 13.9. The molecule has 1 heterocycles. The van der Waals surface area contributed by atoms with E-state index in [1.807, 2.05) is 18.2 Å². The van der Waals surface area contributed by atoms with Crippen molar-refractivity contribution in [1.82, 2.24) is 15.0 Å². The lowest BCUT2D eigenvalue weighted by molar-refractivity contribution is 1.07. The maximum atomic E-state index is 6.49. The summed E-state index contributed by atoms with van der Waals surface area (Å²) >= 11 is 6.49. The van der Waals surface area contributed by atoms with E-state index in [0.29, 0.717) is 11.6 Å². The van der Waals surface area contributed by atoms with E-state index in [0.717, 1.165) is 33.0 Å². The molecule has 212 valence electrons. The lowest BCUT2D eigenvalue weighted by Crippen LogP contribution is -1.97. The second kappa shape index (κ2) is 11.5.